The van der Waals surface area contributed by atoms with Crippen LogP contribution in [0.2, 0.25) is 0 Å². The predicted molar refractivity (Wildman–Crippen MR) is 106 cm³/mol. The van der Waals surface area contributed by atoms with Gasteiger partial charge < -0.3 is 10.1 Å². The second-order valence-electron chi connectivity index (χ2n) is 6.68. The minimum atomic E-state index is -0.184. The van der Waals surface area contributed by atoms with Gasteiger partial charge in [-0.25, -0.2) is 4.68 Å². The molecule has 3 aromatic rings. The zero-order valence-electron chi connectivity index (χ0n) is 16.0. The van der Waals surface area contributed by atoms with Crippen LogP contribution in [0.25, 0.3) is 0 Å². The van der Waals surface area contributed by atoms with E-state index in [1.165, 1.54) is 0 Å². The molecule has 5 heteroatoms. The number of aryl methyl sites for hydroxylation is 2. The zero-order valence-corrected chi connectivity index (χ0v) is 16.0. The van der Waals surface area contributed by atoms with Crippen LogP contribution in [-0.2, 0) is 6.73 Å². The SMILES string of the molecule is CCC(NC(=O)c1ccn(COc2cc(C)cc(C)c2)n1)c1ccccc1. The van der Waals surface area contributed by atoms with Crippen molar-refractivity contribution >= 4 is 5.91 Å². The number of benzene rings is 2. The van der Waals surface area contributed by atoms with E-state index in [1.54, 1.807) is 16.9 Å². The van der Waals surface area contributed by atoms with Crippen LogP contribution in [0.15, 0.2) is 60.8 Å². The molecule has 2 aromatic carbocycles. The molecule has 27 heavy (non-hydrogen) atoms. The Morgan fingerprint density at radius 2 is 1.81 bits per heavy atom. The van der Waals surface area contributed by atoms with E-state index in [-0.39, 0.29) is 18.7 Å². The number of ether oxygens (including phenoxy) is 1. The van der Waals surface area contributed by atoms with Gasteiger partial charge in [0.25, 0.3) is 5.91 Å². The lowest BCUT2D eigenvalue weighted by atomic mass is 10.0. The van der Waals surface area contributed by atoms with Crippen molar-refractivity contribution in [2.45, 2.75) is 40.0 Å². The first-order valence-corrected chi connectivity index (χ1v) is 9.15. The highest BCUT2D eigenvalue weighted by Crippen LogP contribution is 2.18. The topological polar surface area (TPSA) is 56.2 Å². The fourth-order valence-corrected chi connectivity index (χ4v) is 3.05. The summed E-state index contributed by atoms with van der Waals surface area (Å²) in [6.07, 6.45) is 2.56. The molecule has 1 unspecified atom stereocenters. The van der Waals surface area contributed by atoms with Crippen molar-refractivity contribution < 1.29 is 9.53 Å². The van der Waals surface area contributed by atoms with Gasteiger partial charge in [0.1, 0.15) is 11.4 Å². The van der Waals surface area contributed by atoms with E-state index in [4.69, 9.17) is 4.74 Å². The number of rotatable bonds is 7. The monoisotopic (exact) mass is 363 g/mol. The van der Waals surface area contributed by atoms with Gasteiger partial charge in [0.2, 0.25) is 0 Å². The highest BCUT2D eigenvalue weighted by Gasteiger charge is 2.16. The molecule has 140 valence electrons. The van der Waals surface area contributed by atoms with E-state index < -0.39 is 0 Å². The number of carbonyl (C=O) groups excluding carboxylic acids is 1. The minimum Gasteiger partial charge on any atom is -0.471 e. The molecule has 3 rings (SSSR count). The van der Waals surface area contributed by atoms with E-state index in [0.29, 0.717) is 5.69 Å². The molecule has 1 heterocycles. The van der Waals surface area contributed by atoms with E-state index in [1.807, 2.05) is 63.2 Å². The normalized spacial score (nSPS) is 11.8. The summed E-state index contributed by atoms with van der Waals surface area (Å²) in [7, 11) is 0. The van der Waals surface area contributed by atoms with Gasteiger partial charge in [-0.3, -0.25) is 4.79 Å². The van der Waals surface area contributed by atoms with Crippen LogP contribution < -0.4 is 10.1 Å². The van der Waals surface area contributed by atoms with Crippen molar-refractivity contribution in [1.29, 1.82) is 0 Å². The number of nitrogens with one attached hydrogen (secondary N) is 1. The smallest absolute Gasteiger partial charge is 0.272 e. The predicted octanol–water partition coefficient (Wildman–Crippen LogP) is 4.42. The second kappa shape index (κ2) is 8.54. The highest BCUT2D eigenvalue weighted by atomic mass is 16.5. The summed E-state index contributed by atoms with van der Waals surface area (Å²) in [5.41, 5.74) is 3.77. The standard InChI is InChI=1S/C22H25N3O2/c1-4-20(18-8-6-5-7-9-18)23-22(26)21-10-11-25(24-21)15-27-19-13-16(2)12-17(3)14-19/h5-14,20H,4,15H2,1-3H3,(H,23,26). The first-order valence-electron chi connectivity index (χ1n) is 9.15. The molecule has 0 bridgehead atoms. The van der Waals surface area contributed by atoms with Crippen molar-refractivity contribution in [2.75, 3.05) is 0 Å². The molecule has 1 atom stereocenters. The Morgan fingerprint density at radius 1 is 1.11 bits per heavy atom. The fraction of sp³-hybridized carbons (Fsp3) is 0.273. The number of nitrogens with zero attached hydrogens (tertiary/aromatic N) is 2. The molecule has 0 aliphatic heterocycles. The van der Waals surface area contributed by atoms with E-state index in [0.717, 1.165) is 28.9 Å². The Morgan fingerprint density at radius 3 is 2.48 bits per heavy atom. The Hall–Kier alpha value is -3.08. The van der Waals surface area contributed by atoms with Crippen LogP contribution in [0.5, 0.6) is 5.75 Å². The average molecular weight is 363 g/mol. The van der Waals surface area contributed by atoms with Crippen molar-refractivity contribution in [3.05, 3.63) is 83.2 Å². The van der Waals surface area contributed by atoms with Gasteiger partial charge in [-0.15, -0.1) is 0 Å². The van der Waals surface area contributed by atoms with Crippen LogP contribution in [0, 0.1) is 13.8 Å². The van der Waals surface area contributed by atoms with Gasteiger partial charge in [-0.1, -0.05) is 43.3 Å². The summed E-state index contributed by atoms with van der Waals surface area (Å²) in [6.45, 7) is 6.38. The summed E-state index contributed by atoms with van der Waals surface area (Å²) in [5.74, 6) is 0.611. The Kier molecular flexibility index (Phi) is 5.91. The van der Waals surface area contributed by atoms with E-state index in [2.05, 4.69) is 16.5 Å². The number of amides is 1. The van der Waals surface area contributed by atoms with Crippen molar-refractivity contribution in [1.82, 2.24) is 15.1 Å². The van der Waals surface area contributed by atoms with Crippen LogP contribution >= 0.6 is 0 Å². The average Bonchev–Trinajstić information content (AvgIpc) is 3.13. The Bertz CT molecular complexity index is 883. The molecule has 0 aliphatic carbocycles. The Labute approximate surface area is 160 Å². The fourth-order valence-electron chi connectivity index (χ4n) is 3.05. The lowest BCUT2D eigenvalue weighted by Crippen LogP contribution is -2.28. The van der Waals surface area contributed by atoms with Crippen molar-refractivity contribution in [2.24, 2.45) is 0 Å². The summed E-state index contributed by atoms with van der Waals surface area (Å²) in [5, 5.41) is 7.38. The van der Waals surface area contributed by atoms with Crippen molar-refractivity contribution in [3.8, 4) is 5.75 Å². The number of hydrogen-bond acceptors (Lipinski definition) is 3. The first-order chi connectivity index (χ1) is 13.0. The largest absolute Gasteiger partial charge is 0.471 e. The maximum Gasteiger partial charge on any atom is 0.272 e. The molecule has 0 spiro atoms. The second-order valence-corrected chi connectivity index (χ2v) is 6.68. The molecule has 5 nitrogen and oxygen atoms in total. The molecule has 0 aliphatic rings. The van der Waals surface area contributed by atoms with Crippen LogP contribution in [0.1, 0.15) is 46.6 Å². The molecule has 0 saturated carbocycles. The summed E-state index contributed by atoms with van der Waals surface area (Å²) >= 11 is 0. The zero-order chi connectivity index (χ0) is 19.2. The third-order valence-electron chi connectivity index (χ3n) is 4.35. The summed E-state index contributed by atoms with van der Waals surface area (Å²) < 4.78 is 7.41. The molecule has 0 fully saturated rings. The van der Waals surface area contributed by atoms with Crippen LogP contribution in [0.3, 0.4) is 0 Å². The van der Waals surface area contributed by atoms with Crippen LogP contribution in [-0.4, -0.2) is 15.7 Å². The lowest BCUT2D eigenvalue weighted by Gasteiger charge is -2.16. The first kappa shape index (κ1) is 18.7. The number of carbonyl (C=O) groups is 1. The minimum absolute atomic E-state index is 0.0321. The van der Waals surface area contributed by atoms with E-state index >= 15 is 0 Å². The van der Waals surface area contributed by atoms with Gasteiger partial charge in [-0.05, 0) is 55.2 Å². The van der Waals surface area contributed by atoms with Gasteiger partial charge in [-0.2, -0.15) is 5.10 Å². The van der Waals surface area contributed by atoms with Gasteiger partial charge in [0.15, 0.2) is 6.73 Å². The molecular formula is C22H25N3O2. The van der Waals surface area contributed by atoms with Gasteiger partial charge in [0.05, 0.1) is 6.04 Å². The summed E-state index contributed by atoms with van der Waals surface area (Å²) in [4.78, 5) is 12.5. The Balaban J connectivity index is 1.61. The van der Waals surface area contributed by atoms with Gasteiger partial charge in [0, 0.05) is 6.20 Å². The third kappa shape index (κ3) is 4.97. The molecular weight excluding hydrogens is 338 g/mol. The molecule has 1 N–H and O–H groups in total. The quantitative estimate of drug-likeness (QED) is 0.676. The molecule has 0 saturated heterocycles. The van der Waals surface area contributed by atoms with Crippen molar-refractivity contribution in [3.63, 3.8) is 0 Å². The highest BCUT2D eigenvalue weighted by molar-refractivity contribution is 5.92. The number of aromatic nitrogens is 2. The summed E-state index contributed by atoms with van der Waals surface area (Å²) in [6, 6.07) is 17.7. The van der Waals surface area contributed by atoms with Crippen LogP contribution in [0.4, 0.5) is 0 Å². The molecule has 1 amide bonds. The maximum atomic E-state index is 12.5. The molecule has 0 radical (unpaired) electrons. The maximum absolute atomic E-state index is 12.5. The van der Waals surface area contributed by atoms with E-state index in [9.17, 15) is 4.79 Å². The third-order valence-corrected chi connectivity index (χ3v) is 4.35. The number of hydrogen-bond donors (Lipinski definition) is 1. The molecule has 1 aromatic heterocycles. The van der Waals surface area contributed by atoms with Gasteiger partial charge >= 0.3 is 0 Å². The lowest BCUT2D eigenvalue weighted by molar-refractivity contribution is 0.0928.